The summed E-state index contributed by atoms with van der Waals surface area (Å²) in [4.78, 5) is 0. The maximum atomic E-state index is 13.3. The van der Waals surface area contributed by atoms with E-state index in [1.54, 1.807) is 18.2 Å². The summed E-state index contributed by atoms with van der Waals surface area (Å²) < 4.78 is 29.4. The van der Waals surface area contributed by atoms with Crippen LogP contribution < -0.4 is 14.2 Å². The van der Waals surface area contributed by atoms with Crippen molar-refractivity contribution in [3.05, 3.63) is 54.3 Å². The van der Waals surface area contributed by atoms with E-state index in [0.717, 1.165) is 11.5 Å². The largest absolute Gasteiger partial charge is 0.494 e. The lowest BCUT2D eigenvalue weighted by Crippen LogP contribution is -2.09. The molecule has 0 aromatic heterocycles. The minimum atomic E-state index is -0.367. The quantitative estimate of drug-likeness (QED) is 0.722. The molecule has 0 amide bonds. The molecule has 0 atom stereocenters. The Hall–Kier alpha value is -2.23. The minimum Gasteiger partial charge on any atom is -0.494 e. The highest BCUT2D eigenvalue weighted by Crippen LogP contribution is 2.18. The van der Waals surface area contributed by atoms with Gasteiger partial charge in [-0.3, -0.25) is 0 Å². The fourth-order valence-corrected chi connectivity index (χ4v) is 1.67. The third-order valence-electron chi connectivity index (χ3n) is 2.58. The lowest BCUT2D eigenvalue weighted by molar-refractivity contribution is 0.211. The van der Waals surface area contributed by atoms with Gasteiger partial charge in [-0.25, -0.2) is 4.39 Å². The highest BCUT2D eigenvalue weighted by atomic mass is 19.1. The van der Waals surface area contributed by atoms with E-state index in [0.29, 0.717) is 13.2 Å². The van der Waals surface area contributed by atoms with Gasteiger partial charge in [0.25, 0.3) is 0 Å². The molecule has 0 radical (unpaired) electrons. The molecule has 0 aliphatic rings. The van der Waals surface area contributed by atoms with Crippen molar-refractivity contribution in [2.45, 2.75) is 6.92 Å². The van der Waals surface area contributed by atoms with Crippen molar-refractivity contribution in [1.29, 1.82) is 0 Å². The van der Waals surface area contributed by atoms with Crippen LogP contribution >= 0.6 is 0 Å². The molecule has 0 aliphatic carbocycles. The van der Waals surface area contributed by atoms with Crippen LogP contribution in [0.1, 0.15) is 6.92 Å². The molecule has 0 heterocycles. The Kier molecular flexibility index (Phi) is 5.24. The van der Waals surface area contributed by atoms with Crippen molar-refractivity contribution >= 4 is 0 Å². The van der Waals surface area contributed by atoms with Crippen molar-refractivity contribution in [3.8, 4) is 17.2 Å². The van der Waals surface area contributed by atoms with Crippen LogP contribution in [-0.2, 0) is 0 Å². The maximum Gasteiger partial charge on any atom is 0.165 e. The van der Waals surface area contributed by atoms with Gasteiger partial charge in [0.1, 0.15) is 24.7 Å². The van der Waals surface area contributed by atoms with E-state index < -0.39 is 0 Å². The van der Waals surface area contributed by atoms with E-state index in [4.69, 9.17) is 14.2 Å². The third-order valence-corrected chi connectivity index (χ3v) is 2.58. The van der Waals surface area contributed by atoms with Gasteiger partial charge in [-0.1, -0.05) is 12.1 Å². The zero-order chi connectivity index (χ0) is 14.2. The molecule has 106 valence electrons. The van der Waals surface area contributed by atoms with Crippen molar-refractivity contribution in [1.82, 2.24) is 0 Å². The average Bonchev–Trinajstić information content (AvgIpc) is 2.47. The first-order valence-corrected chi connectivity index (χ1v) is 6.52. The minimum absolute atomic E-state index is 0.239. The SMILES string of the molecule is CCOc1ccc(OCCOc2ccccc2F)cc1. The number of hydrogen-bond donors (Lipinski definition) is 0. The summed E-state index contributed by atoms with van der Waals surface area (Å²) in [6, 6.07) is 13.6. The van der Waals surface area contributed by atoms with Crippen molar-refractivity contribution in [2.24, 2.45) is 0 Å². The van der Waals surface area contributed by atoms with Gasteiger partial charge in [-0.2, -0.15) is 0 Å². The molecule has 0 spiro atoms. The molecule has 0 bridgehead atoms. The van der Waals surface area contributed by atoms with Crippen LogP contribution in [0.15, 0.2) is 48.5 Å². The monoisotopic (exact) mass is 276 g/mol. The molecule has 0 N–H and O–H groups in total. The number of ether oxygens (including phenoxy) is 3. The van der Waals surface area contributed by atoms with Gasteiger partial charge in [0.2, 0.25) is 0 Å². The molecule has 2 aromatic carbocycles. The highest BCUT2D eigenvalue weighted by Gasteiger charge is 2.01. The Balaban J connectivity index is 1.74. The third kappa shape index (κ3) is 4.16. The number of rotatable bonds is 7. The zero-order valence-electron chi connectivity index (χ0n) is 11.3. The molecule has 0 fully saturated rings. The summed E-state index contributed by atoms with van der Waals surface area (Å²) in [6.07, 6.45) is 0. The van der Waals surface area contributed by atoms with Crippen molar-refractivity contribution < 1.29 is 18.6 Å². The van der Waals surface area contributed by atoms with Gasteiger partial charge in [0.15, 0.2) is 11.6 Å². The van der Waals surface area contributed by atoms with Crippen LogP contribution in [0.2, 0.25) is 0 Å². The Labute approximate surface area is 117 Å². The van der Waals surface area contributed by atoms with Gasteiger partial charge < -0.3 is 14.2 Å². The summed E-state index contributed by atoms with van der Waals surface area (Å²) in [5.74, 6) is 1.41. The predicted octanol–water partition coefficient (Wildman–Crippen LogP) is 3.68. The van der Waals surface area contributed by atoms with Crippen LogP contribution in [0.25, 0.3) is 0 Å². The second-order valence-corrected chi connectivity index (χ2v) is 4.03. The predicted molar refractivity (Wildman–Crippen MR) is 75.0 cm³/mol. The van der Waals surface area contributed by atoms with E-state index in [2.05, 4.69) is 0 Å². The van der Waals surface area contributed by atoms with Gasteiger partial charge in [-0.15, -0.1) is 0 Å². The van der Waals surface area contributed by atoms with Crippen LogP contribution in [0.3, 0.4) is 0 Å². The molecule has 4 heteroatoms. The first-order valence-electron chi connectivity index (χ1n) is 6.52. The van der Waals surface area contributed by atoms with E-state index >= 15 is 0 Å². The molecule has 0 saturated heterocycles. The molecule has 2 aromatic rings. The first kappa shape index (κ1) is 14.2. The summed E-state index contributed by atoms with van der Waals surface area (Å²) >= 11 is 0. The zero-order valence-corrected chi connectivity index (χ0v) is 11.3. The Bertz CT molecular complexity index is 526. The number of hydrogen-bond acceptors (Lipinski definition) is 3. The van der Waals surface area contributed by atoms with Crippen LogP contribution in [0.5, 0.6) is 17.2 Å². The lowest BCUT2D eigenvalue weighted by atomic mass is 10.3. The molecule has 0 unspecified atom stereocenters. The number of benzene rings is 2. The summed E-state index contributed by atoms with van der Waals surface area (Å²) in [5.41, 5.74) is 0. The van der Waals surface area contributed by atoms with Gasteiger partial charge in [0, 0.05) is 0 Å². The van der Waals surface area contributed by atoms with E-state index in [1.165, 1.54) is 6.07 Å². The van der Waals surface area contributed by atoms with Gasteiger partial charge >= 0.3 is 0 Å². The van der Waals surface area contributed by atoms with Crippen molar-refractivity contribution in [3.63, 3.8) is 0 Å². The molecule has 3 nitrogen and oxygen atoms in total. The highest BCUT2D eigenvalue weighted by molar-refractivity contribution is 5.31. The topological polar surface area (TPSA) is 27.7 Å². The number of halogens is 1. The summed E-state index contributed by atoms with van der Waals surface area (Å²) in [6.45, 7) is 3.21. The van der Waals surface area contributed by atoms with Crippen molar-refractivity contribution in [2.75, 3.05) is 19.8 Å². The molecule has 0 saturated carbocycles. The Morgan fingerprint density at radius 1 is 0.800 bits per heavy atom. The van der Waals surface area contributed by atoms with Gasteiger partial charge in [0.05, 0.1) is 6.61 Å². The fourth-order valence-electron chi connectivity index (χ4n) is 1.67. The molecule has 20 heavy (non-hydrogen) atoms. The average molecular weight is 276 g/mol. The fraction of sp³-hybridized carbons (Fsp3) is 0.250. The lowest BCUT2D eigenvalue weighted by Gasteiger charge is -2.09. The van der Waals surface area contributed by atoms with E-state index in [-0.39, 0.29) is 18.2 Å². The first-order chi connectivity index (χ1) is 9.79. The van der Waals surface area contributed by atoms with Crippen LogP contribution in [-0.4, -0.2) is 19.8 Å². The normalized spacial score (nSPS) is 10.1. The smallest absolute Gasteiger partial charge is 0.165 e. The molecule has 0 aliphatic heterocycles. The maximum absolute atomic E-state index is 13.3. The van der Waals surface area contributed by atoms with E-state index in [9.17, 15) is 4.39 Å². The summed E-state index contributed by atoms with van der Waals surface area (Å²) in [5, 5.41) is 0. The summed E-state index contributed by atoms with van der Waals surface area (Å²) in [7, 11) is 0. The van der Waals surface area contributed by atoms with Gasteiger partial charge in [-0.05, 0) is 43.3 Å². The van der Waals surface area contributed by atoms with Crippen LogP contribution in [0, 0.1) is 5.82 Å². The molecule has 2 rings (SSSR count). The molecular formula is C16H17FO3. The Morgan fingerprint density at radius 2 is 1.40 bits per heavy atom. The second kappa shape index (κ2) is 7.38. The second-order valence-electron chi connectivity index (χ2n) is 4.03. The number of para-hydroxylation sites is 1. The standard InChI is InChI=1S/C16H17FO3/c1-2-18-13-7-9-14(10-8-13)19-11-12-20-16-6-4-3-5-15(16)17/h3-10H,2,11-12H2,1H3. The Morgan fingerprint density at radius 3 is 2.05 bits per heavy atom. The van der Waals surface area contributed by atoms with E-state index in [1.807, 2.05) is 31.2 Å². The molecular weight excluding hydrogens is 259 g/mol. The van der Waals surface area contributed by atoms with Crippen LogP contribution in [0.4, 0.5) is 4.39 Å².